The van der Waals surface area contributed by atoms with E-state index in [1.807, 2.05) is 18.2 Å². The third kappa shape index (κ3) is 3.95. The van der Waals surface area contributed by atoms with E-state index in [4.69, 9.17) is 14.2 Å². The third-order valence-electron chi connectivity index (χ3n) is 4.69. The van der Waals surface area contributed by atoms with E-state index < -0.39 is 6.10 Å². The molecule has 5 heteroatoms. The Kier molecular flexibility index (Phi) is 4.88. The van der Waals surface area contributed by atoms with Gasteiger partial charge in [-0.3, -0.25) is 4.90 Å². The molecule has 25 heavy (non-hydrogen) atoms. The van der Waals surface area contributed by atoms with Crippen LogP contribution in [0.1, 0.15) is 16.7 Å². The molecule has 0 saturated heterocycles. The molecule has 2 aromatic carbocycles. The number of β-amino-alcohol motifs (C(OH)–C–C–N with tert-alkyl or cyclic N) is 1. The smallest absolute Gasteiger partial charge is 0.231 e. The number of rotatable bonds is 6. The van der Waals surface area contributed by atoms with Crippen molar-refractivity contribution in [3.05, 3.63) is 59.2 Å². The van der Waals surface area contributed by atoms with E-state index >= 15 is 0 Å². The maximum atomic E-state index is 10.3. The van der Waals surface area contributed by atoms with Crippen molar-refractivity contribution in [3.63, 3.8) is 0 Å². The largest absolute Gasteiger partial charge is 0.454 e. The summed E-state index contributed by atoms with van der Waals surface area (Å²) in [4.78, 5) is 2.29. The number of hydrogen-bond acceptors (Lipinski definition) is 5. The minimum Gasteiger partial charge on any atom is -0.454 e. The molecule has 0 saturated carbocycles. The molecule has 1 N–H and O–H groups in total. The number of hydrogen-bond donors (Lipinski definition) is 1. The topological polar surface area (TPSA) is 51.2 Å². The van der Waals surface area contributed by atoms with Gasteiger partial charge in [-0.1, -0.05) is 30.3 Å². The van der Waals surface area contributed by atoms with Crippen molar-refractivity contribution in [1.29, 1.82) is 0 Å². The summed E-state index contributed by atoms with van der Waals surface area (Å²) in [6.07, 6.45) is 0.556. The fraction of sp³-hybridized carbons (Fsp3) is 0.400. The molecule has 0 fully saturated rings. The molecule has 1 atom stereocenters. The van der Waals surface area contributed by atoms with E-state index in [-0.39, 0.29) is 6.79 Å². The number of benzene rings is 2. The van der Waals surface area contributed by atoms with Gasteiger partial charge in [-0.2, -0.15) is 0 Å². The molecule has 2 aromatic rings. The van der Waals surface area contributed by atoms with Gasteiger partial charge in [0.25, 0.3) is 0 Å². The van der Waals surface area contributed by atoms with Crippen molar-refractivity contribution >= 4 is 0 Å². The van der Waals surface area contributed by atoms with Crippen LogP contribution in [-0.4, -0.2) is 42.6 Å². The van der Waals surface area contributed by atoms with E-state index in [2.05, 4.69) is 29.2 Å². The summed E-state index contributed by atoms with van der Waals surface area (Å²) < 4.78 is 16.3. The number of fused-ring (bicyclic) bond motifs is 2. The van der Waals surface area contributed by atoms with Gasteiger partial charge >= 0.3 is 0 Å². The summed E-state index contributed by atoms with van der Waals surface area (Å²) in [5, 5.41) is 10.3. The van der Waals surface area contributed by atoms with Gasteiger partial charge in [-0.15, -0.1) is 0 Å². The first kappa shape index (κ1) is 16.4. The minimum absolute atomic E-state index is 0.275. The third-order valence-corrected chi connectivity index (χ3v) is 4.69. The summed E-state index contributed by atoms with van der Waals surface area (Å²) in [7, 11) is 0. The van der Waals surface area contributed by atoms with Crippen LogP contribution in [0.15, 0.2) is 42.5 Å². The molecule has 2 heterocycles. The zero-order valence-electron chi connectivity index (χ0n) is 14.2. The molecule has 2 aliphatic heterocycles. The highest BCUT2D eigenvalue weighted by molar-refractivity contribution is 5.44. The van der Waals surface area contributed by atoms with E-state index in [0.29, 0.717) is 19.8 Å². The fourth-order valence-corrected chi connectivity index (χ4v) is 3.40. The van der Waals surface area contributed by atoms with Crippen LogP contribution in [0.2, 0.25) is 0 Å². The second-order valence-corrected chi connectivity index (χ2v) is 6.61. The van der Waals surface area contributed by atoms with Gasteiger partial charge in [-0.25, -0.2) is 0 Å². The zero-order valence-corrected chi connectivity index (χ0v) is 14.2. The highest BCUT2D eigenvalue weighted by atomic mass is 16.7. The average Bonchev–Trinajstić information content (AvgIpc) is 3.09. The second kappa shape index (κ2) is 7.44. The fourth-order valence-electron chi connectivity index (χ4n) is 3.40. The molecule has 0 aromatic heterocycles. The molecule has 4 rings (SSSR count). The van der Waals surface area contributed by atoms with Gasteiger partial charge in [0.15, 0.2) is 11.5 Å². The summed E-state index contributed by atoms with van der Waals surface area (Å²) in [6.45, 7) is 3.57. The van der Waals surface area contributed by atoms with Crippen LogP contribution in [0.3, 0.4) is 0 Å². The highest BCUT2D eigenvalue weighted by Crippen LogP contribution is 2.32. The van der Waals surface area contributed by atoms with Gasteiger partial charge in [0.05, 0.1) is 19.3 Å². The predicted molar refractivity (Wildman–Crippen MR) is 93.7 cm³/mol. The molecule has 0 aliphatic carbocycles. The Balaban J connectivity index is 1.23. The summed E-state index contributed by atoms with van der Waals surface area (Å²) in [5.74, 6) is 1.53. The first-order valence-electron chi connectivity index (χ1n) is 8.71. The standard InChI is InChI=1S/C20H23NO4/c22-18(11-21-8-7-16-3-1-2-4-17(16)10-21)13-23-12-15-5-6-19-20(9-15)25-14-24-19/h1-6,9,18,22H,7-8,10-14H2/t18-/m1/s1. The normalized spacial score (nSPS) is 17.3. The van der Waals surface area contributed by atoms with E-state index in [9.17, 15) is 5.11 Å². The van der Waals surface area contributed by atoms with Gasteiger partial charge in [0, 0.05) is 19.6 Å². The van der Waals surface area contributed by atoms with Crippen LogP contribution in [-0.2, 0) is 24.3 Å². The molecule has 0 bridgehead atoms. The van der Waals surface area contributed by atoms with Crippen molar-refractivity contribution in [2.75, 3.05) is 26.5 Å². The number of aliphatic hydroxyl groups is 1. The molecular weight excluding hydrogens is 318 g/mol. The Hall–Kier alpha value is -2.08. The van der Waals surface area contributed by atoms with Crippen LogP contribution in [0.5, 0.6) is 11.5 Å². The van der Waals surface area contributed by atoms with Gasteiger partial charge < -0.3 is 19.3 Å². The summed E-state index contributed by atoms with van der Waals surface area (Å²) in [6, 6.07) is 14.3. The number of ether oxygens (including phenoxy) is 3. The molecule has 0 radical (unpaired) electrons. The molecule has 5 nitrogen and oxygen atoms in total. The molecule has 0 amide bonds. The van der Waals surface area contributed by atoms with Crippen LogP contribution in [0.4, 0.5) is 0 Å². The van der Waals surface area contributed by atoms with Crippen molar-refractivity contribution in [3.8, 4) is 11.5 Å². The second-order valence-electron chi connectivity index (χ2n) is 6.61. The molecule has 132 valence electrons. The lowest BCUT2D eigenvalue weighted by Gasteiger charge is -2.30. The Morgan fingerprint density at radius 2 is 1.92 bits per heavy atom. The zero-order chi connectivity index (χ0) is 17.1. The average molecular weight is 341 g/mol. The maximum Gasteiger partial charge on any atom is 0.231 e. The van der Waals surface area contributed by atoms with Gasteiger partial charge in [-0.05, 0) is 35.2 Å². The van der Waals surface area contributed by atoms with Crippen LogP contribution in [0.25, 0.3) is 0 Å². The Morgan fingerprint density at radius 3 is 2.84 bits per heavy atom. The van der Waals surface area contributed by atoms with E-state index in [1.165, 1.54) is 11.1 Å². The summed E-state index contributed by atoms with van der Waals surface area (Å²) >= 11 is 0. The quantitative estimate of drug-likeness (QED) is 0.874. The monoisotopic (exact) mass is 341 g/mol. The van der Waals surface area contributed by atoms with E-state index in [1.54, 1.807) is 0 Å². The van der Waals surface area contributed by atoms with Crippen LogP contribution in [0, 0.1) is 0 Å². The minimum atomic E-state index is -0.487. The van der Waals surface area contributed by atoms with Crippen molar-refractivity contribution in [2.45, 2.75) is 25.7 Å². The Bertz CT molecular complexity index is 733. The molecule has 0 spiro atoms. The number of aliphatic hydroxyl groups excluding tert-OH is 1. The first-order chi connectivity index (χ1) is 12.3. The SMILES string of the molecule is O[C@@H](COCc1ccc2c(c1)OCO2)CN1CCc2ccccc2C1. The van der Waals surface area contributed by atoms with Crippen molar-refractivity contribution in [1.82, 2.24) is 4.90 Å². The van der Waals surface area contributed by atoms with Gasteiger partial charge in [0.1, 0.15) is 0 Å². The highest BCUT2D eigenvalue weighted by Gasteiger charge is 2.18. The summed E-state index contributed by atoms with van der Waals surface area (Å²) in [5.41, 5.74) is 3.80. The molecule has 0 unspecified atom stereocenters. The van der Waals surface area contributed by atoms with E-state index in [0.717, 1.165) is 36.6 Å². The van der Waals surface area contributed by atoms with Gasteiger partial charge in [0.2, 0.25) is 6.79 Å². The molecular formula is C20H23NO4. The lowest BCUT2D eigenvalue weighted by molar-refractivity contribution is 0.00772. The number of nitrogens with zero attached hydrogens (tertiary/aromatic N) is 1. The van der Waals surface area contributed by atoms with Crippen molar-refractivity contribution in [2.24, 2.45) is 0 Å². The lowest BCUT2D eigenvalue weighted by atomic mass is 10.00. The Labute approximate surface area is 147 Å². The Morgan fingerprint density at radius 1 is 1.08 bits per heavy atom. The maximum absolute atomic E-state index is 10.3. The predicted octanol–water partition coefficient (Wildman–Crippen LogP) is 2.35. The molecule has 2 aliphatic rings. The first-order valence-corrected chi connectivity index (χ1v) is 8.71. The lowest BCUT2D eigenvalue weighted by Crippen LogP contribution is -2.38. The van der Waals surface area contributed by atoms with Crippen LogP contribution < -0.4 is 9.47 Å². The van der Waals surface area contributed by atoms with Crippen molar-refractivity contribution < 1.29 is 19.3 Å². The van der Waals surface area contributed by atoms with Crippen LogP contribution >= 0.6 is 0 Å².